The van der Waals surface area contributed by atoms with Crippen molar-refractivity contribution in [2.75, 3.05) is 26.2 Å². The summed E-state index contributed by atoms with van der Waals surface area (Å²) in [4.78, 5) is 32.4. The molecule has 5 heterocycles. The van der Waals surface area contributed by atoms with Crippen LogP contribution < -0.4 is 10.9 Å². The number of aromatic hydroxyl groups is 1. The number of aromatic nitrogens is 4. The summed E-state index contributed by atoms with van der Waals surface area (Å²) in [6.07, 6.45) is 4.18. The third-order valence-corrected chi connectivity index (χ3v) is 13.3. The maximum Gasteiger partial charge on any atom is 0.349 e. The number of hydrogen-bond acceptors (Lipinski definition) is 12. The number of phenols is 1. The molecule has 2 aromatic carbocycles. The first-order valence-electron chi connectivity index (χ1n) is 18.7. The number of rotatable bonds is 13. The highest BCUT2D eigenvalue weighted by molar-refractivity contribution is 7.17. The van der Waals surface area contributed by atoms with Gasteiger partial charge in [0.1, 0.15) is 17.4 Å². The smallest absolute Gasteiger partial charge is 0.349 e. The lowest BCUT2D eigenvalue weighted by atomic mass is 9.99. The fourth-order valence-corrected chi connectivity index (χ4v) is 10.2. The molecule has 0 radical (unpaired) electrons. The molecule has 2 atom stereocenters. The molecule has 0 spiro atoms. The van der Waals surface area contributed by atoms with Crippen molar-refractivity contribution in [3.63, 3.8) is 0 Å². The van der Waals surface area contributed by atoms with E-state index in [9.17, 15) is 24.9 Å². The number of benzene rings is 2. The van der Waals surface area contributed by atoms with Gasteiger partial charge in [0.05, 0.1) is 31.2 Å². The Morgan fingerprint density at radius 1 is 1.07 bits per heavy atom. The van der Waals surface area contributed by atoms with Crippen molar-refractivity contribution in [2.45, 2.75) is 76.3 Å². The van der Waals surface area contributed by atoms with Gasteiger partial charge in [0.15, 0.2) is 0 Å². The van der Waals surface area contributed by atoms with E-state index < -0.39 is 17.7 Å². The lowest BCUT2D eigenvalue weighted by Gasteiger charge is -2.33. The van der Waals surface area contributed by atoms with Crippen LogP contribution in [0.3, 0.4) is 0 Å². The molecule has 1 aliphatic carbocycles. The molecule has 55 heavy (non-hydrogen) atoms. The minimum absolute atomic E-state index is 0.0362. The lowest BCUT2D eigenvalue weighted by Crippen LogP contribution is -2.43. The van der Waals surface area contributed by atoms with Gasteiger partial charge in [-0.1, -0.05) is 22.9 Å². The standard InChI is InChI=1S/C40H43ClN6O6S2/c1-23-6-10-33(54-23)40(52,34-11-12-35(41)55-34)39(51)53-25-14-18-46(19-15-25)16-3-17-47-38-29-5-2-4-26(29)24(20-30(38)44-45-47)21-42-22-32(49)27-7-9-31(48)37-28(27)8-13-36(50)43-37/h6-13,20,25,32,42,48-49,52H,2-5,14-19,21-22H2,1H3,(H,43,50)/t32-,40?/m0/s1. The van der Waals surface area contributed by atoms with E-state index in [1.54, 1.807) is 30.3 Å². The summed E-state index contributed by atoms with van der Waals surface area (Å²) in [7, 11) is 0. The summed E-state index contributed by atoms with van der Waals surface area (Å²) in [5.41, 5.74) is 4.50. The van der Waals surface area contributed by atoms with Crippen molar-refractivity contribution < 1.29 is 24.9 Å². The first-order valence-corrected chi connectivity index (χ1v) is 20.7. The number of aliphatic hydroxyl groups excluding tert-OH is 1. The Morgan fingerprint density at radius 2 is 1.85 bits per heavy atom. The summed E-state index contributed by atoms with van der Waals surface area (Å²) >= 11 is 8.75. The number of piperidine rings is 1. The number of aryl methyl sites for hydroxylation is 3. The van der Waals surface area contributed by atoms with E-state index in [-0.39, 0.29) is 17.4 Å². The van der Waals surface area contributed by atoms with Crippen LogP contribution in [0.5, 0.6) is 5.75 Å². The Hall–Kier alpha value is -4.15. The largest absolute Gasteiger partial charge is 0.506 e. The van der Waals surface area contributed by atoms with Gasteiger partial charge in [0.25, 0.3) is 0 Å². The lowest BCUT2D eigenvalue weighted by molar-refractivity contribution is -0.169. The Bertz CT molecular complexity index is 2370. The van der Waals surface area contributed by atoms with Crippen molar-refractivity contribution in [3.05, 3.63) is 106 Å². The van der Waals surface area contributed by atoms with Gasteiger partial charge in [-0.3, -0.25) is 4.79 Å². The number of likely N-dealkylation sites (tertiary alicyclic amines) is 1. The average Bonchev–Trinajstić information content (AvgIpc) is 4.00. The van der Waals surface area contributed by atoms with Gasteiger partial charge in [-0.2, -0.15) is 0 Å². The maximum absolute atomic E-state index is 13.6. The third kappa shape index (κ3) is 7.56. The highest BCUT2D eigenvalue weighted by Crippen LogP contribution is 2.41. The molecule has 1 unspecified atom stereocenters. The van der Waals surface area contributed by atoms with E-state index in [2.05, 4.69) is 31.6 Å². The molecule has 6 aromatic rings. The van der Waals surface area contributed by atoms with Crippen LogP contribution in [0.25, 0.3) is 21.9 Å². The molecule has 5 N–H and O–H groups in total. The van der Waals surface area contributed by atoms with Crippen LogP contribution >= 0.6 is 34.3 Å². The highest BCUT2D eigenvalue weighted by Gasteiger charge is 2.45. The van der Waals surface area contributed by atoms with Crippen molar-refractivity contribution in [1.29, 1.82) is 0 Å². The number of fused-ring (bicyclic) bond motifs is 4. The molecular formula is C40H43ClN6O6S2. The number of aliphatic hydroxyl groups is 2. The average molecular weight is 803 g/mol. The molecule has 0 bridgehead atoms. The molecule has 1 saturated heterocycles. The van der Waals surface area contributed by atoms with E-state index in [0.29, 0.717) is 56.5 Å². The summed E-state index contributed by atoms with van der Waals surface area (Å²) in [5, 5.41) is 46.2. The quantitative estimate of drug-likeness (QED) is 0.0914. The molecule has 2 aliphatic rings. The number of halogens is 1. The van der Waals surface area contributed by atoms with Crippen LogP contribution in [-0.4, -0.2) is 78.4 Å². The predicted octanol–water partition coefficient (Wildman–Crippen LogP) is 5.71. The summed E-state index contributed by atoms with van der Waals surface area (Å²) in [6, 6.07) is 15.4. The molecule has 0 amide bonds. The number of H-pyrrole nitrogens is 1. The van der Waals surface area contributed by atoms with Crippen LogP contribution in [0.4, 0.5) is 0 Å². The topological polar surface area (TPSA) is 166 Å². The number of hydrogen-bond donors (Lipinski definition) is 5. The summed E-state index contributed by atoms with van der Waals surface area (Å²) in [5.74, 6) is -0.693. The van der Waals surface area contributed by atoms with E-state index >= 15 is 0 Å². The Morgan fingerprint density at radius 3 is 2.62 bits per heavy atom. The maximum atomic E-state index is 13.6. The van der Waals surface area contributed by atoms with Gasteiger partial charge in [0.2, 0.25) is 11.2 Å². The summed E-state index contributed by atoms with van der Waals surface area (Å²) in [6.45, 7) is 6.00. The van der Waals surface area contributed by atoms with E-state index in [1.807, 2.05) is 17.7 Å². The third-order valence-electron chi connectivity index (χ3n) is 10.9. The predicted molar refractivity (Wildman–Crippen MR) is 214 cm³/mol. The monoisotopic (exact) mass is 802 g/mol. The second kappa shape index (κ2) is 15.8. The zero-order chi connectivity index (χ0) is 38.3. The van der Waals surface area contributed by atoms with Crippen molar-refractivity contribution >= 4 is 62.2 Å². The number of phenolic OH excluding ortho intramolecular Hbond substituents is 1. The number of nitrogens with zero attached hydrogens (tertiary/aromatic N) is 4. The highest BCUT2D eigenvalue weighted by atomic mass is 35.5. The van der Waals surface area contributed by atoms with Gasteiger partial charge >= 0.3 is 5.97 Å². The molecular weight excluding hydrogens is 760 g/mol. The van der Waals surface area contributed by atoms with Crippen molar-refractivity contribution in [1.82, 2.24) is 30.2 Å². The number of carbonyl (C=O) groups is 1. The van der Waals surface area contributed by atoms with Gasteiger partial charge in [-0.25, -0.2) is 9.48 Å². The Kier molecular flexibility index (Phi) is 10.8. The molecule has 1 fully saturated rings. The van der Waals surface area contributed by atoms with E-state index in [1.165, 1.54) is 45.9 Å². The SMILES string of the molecule is Cc1ccc(C(O)(C(=O)OC2CCN(CCCn3nnc4cc(CNC[C@H](O)c5ccc(O)c6[nH]c(=O)ccc56)c5c(c43)CCC5)CC2)c2ccc(Cl)s2)s1. The molecule has 8 rings (SSSR count). The fraction of sp³-hybridized carbons (Fsp3) is 0.400. The summed E-state index contributed by atoms with van der Waals surface area (Å²) < 4.78 is 8.51. The second-order valence-corrected chi connectivity index (χ2v) is 17.5. The zero-order valence-electron chi connectivity index (χ0n) is 30.4. The normalized spacial score (nSPS) is 16.8. The number of aromatic amines is 1. The number of pyridine rings is 1. The van der Waals surface area contributed by atoms with Gasteiger partial charge < -0.3 is 35.3 Å². The van der Waals surface area contributed by atoms with Crippen molar-refractivity contribution in [2.24, 2.45) is 0 Å². The number of nitrogens with one attached hydrogen (secondary N) is 2. The van der Waals surface area contributed by atoms with Crippen LogP contribution in [0, 0.1) is 6.92 Å². The number of thiophene rings is 2. The minimum Gasteiger partial charge on any atom is -0.506 e. The van der Waals surface area contributed by atoms with Crippen LogP contribution in [0.2, 0.25) is 4.34 Å². The van der Waals surface area contributed by atoms with Crippen LogP contribution in [-0.2, 0) is 41.1 Å². The van der Waals surface area contributed by atoms with Crippen LogP contribution in [0.15, 0.2) is 59.4 Å². The Balaban J connectivity index is 0.853. The molecule has 1 aliphatic heterocycles. The second-order valence-electron chi connectivity index (χ2n) is 14.5. The van der Waals surface area contributed by atoms with E-state index in [0.717, 1.165) is 73.3 Å². The number of esters is 1. The van der Waals surface area contributed by atoms with Gasteiger partial charge in [-0.05, 0) is 117 Å². The molecule has 0 saturated carbocycles. The van der Waals surface area contributed by atoms with Gasteiger partial charge in [-0.15, -0.1) is 27.8 Å². The Labute approximate surface area is 330 Å². The molecule has 15 heteroatoms. The fourth-order valence-electron chi connectivity index (χ4n) is 8.05. The molecule has 12 nitrogen and oxygen atoms in total. The van der Waals surface area contributed by atoms with Gasteiger partial charge in [0, 0.05) is 49.1 Å². The number of carbonyl (C=O) groups excluding carboxylic acids is 1. The van der Waals surface area contributed by atoms with E-state index in [4.69, 9.17) is 16.3 Å². The van der Waals surface area contributed by atoms with Crippen LogP contribution in [0.1, 0.15) is 68.7 Å². The first kappa shape index (κ1) is 37.8. The molecule has 288 valence electrons. The zero-order valence-corrected chi connectivity index (χ0v) is 32.8. The van der Waals surface area contributed by atoms with Crippen molar-refractivity contribution in [3.8, 4) is 5.75 Å². The minimum atomic E-state index is -1.89. The number of ether oxygens (including phenoxy) is 1. The molecule has 4 aromatic heterocycles. The first-order chi connectivity index (χ1) is 26.6.